The fraction of sp³-hybridized carbons (Fsp3) is 0.520. The lowest BCUT2D eigenvalue weighted by atomic mass is 9.66. The van der Waals surface area contributed by atoms with Crippen molar-refractivity contribution in [2.45, 2.75) is 65.0 Å². The summed E-state index contributed by atoms with van der Waals surface area (Å²) < 4.78 is 17.1. The highest BCUT2D eigenvalue weighted by Gasteiger charge is 2.70. The average molecular weight is 461 g/mol. The third kappa shape index (κ3) is 3.58. The van der Waals surface area contributed by atoms with Gasteiger partial charge in [-0.05, 0) is 38.8 Å². The summed E-state index contributed by atoms with van der Waals surface area (Å²) >= 11 is 6.50. The first-order valence-electron chi connectivity index (χ1n) is 11.0. The molecule has 32 heavy (non-hydrogen) atoms. The van der Waals surface area contributed by atoms with Gasteiger partial charge in [0, 0.05) is 23.5 Å². The number of rotatable bonds is 4. The molecule has 0 aromatic carbocycles. The largest absolute Gasteiger partial charge is 0.465 e. The van der Waals surface area contributed by atoms with E-state index < -0.39 is 41.1 Å². The summed E-state index contributed by atoms with van der Waals surface area (Å²) in [5, 5.41) is 11.2. The molecular weight excluding hydrogens is 432 g/mol. The minimum atomic E-state index is -1.81. The minimum Gasteiger partial charge on any atom is -0.465 e. The Bertz CT molecular complexity index is 1020. The predicted octanol–water partition coefficient (Wildman–Crippen LogP) is 4.45. The van der Waals surface area contributed by atoms with E-state index in [1.165, 1.54) is 6.26 Å². The monoisotopic (exact) mass is 460 g/mol. The second-order valence-electron chi connectivity index (χ2n) is 9.38. The lowest BCUT2D eigenvalue weighted by molar-refractivity contribution is -0.260. The van der Waals surface area contributed by atoms with Crippen molar-refractivity contribution >= 4 is 23.4 Å². The molecule has 172 valence electrons. The number of carbonyl (C=O) groups excluding carboxylic acids is 2. The molecule has 3 heterocycles. The fourth-order valence-electron chi connectivity index (χ4n) is 5.10. The van der Waals surface area contributed by atoms with E-state index in [2.05, 4.69) is 19.9 Å². The number of fused-ring (bicyclic) bond motifs is 5. The highest BCUT2D eigenvalue weighted by molar-refractivity contribution is 6.45. The van der Waals surface area contributed by atoms with Crippen molar-refractivity contribution in [2.75, 3.05) is 0 Å². The summed E-state index contributed by atoms with van der Waals surface area (Å²) in [6.45, 7) is 9.55. The van der Waals surface area contributed by atoms with Gasteiger partial charge in [-0.3, -0.25) is 9.59 Å². The molecular formula is C25H29ClO6. The molecule has 1 aliphatic carbocycles. The molecule has 0 saturated carbocycles. The van der Waals surface area contributed by atoms with Gasteiger partial charge in [0.1, 0.15) is 23.4 Å². The van der Waals surface area contributed by atoms with Crippen molar-refractivity contribution in [1.29, 1.82) is 0 Å². The van der Waals surface area contributed by atoms with Crippen LogP contribution in [0, 0.1) is 17.8 Å². The van der Waals surface area contributed by atoms with Crippen molar-refractivity contribution < 1.29 is 28.9 Å². The van der Waals surface area contributed by atoms with Gasteiger partial charge in [-0.15, -0.1) is 0 Å². The molecule has 6 nitrogen and oxygen atoms in total. The number of allylic oxidation sites excluding steroid dienone is 6. The van der Waals surface area contributed by atoms with Crippen molar-refractivity contribution in [2.24, 2.45) is 17.8 Å². The van der Waals surface area contributed by atoms with Gasteiger partial charge < -0.3 is 19.3 Å². The number of hydrogen-bond acceptors (Lipinski definition) is 6. The van der Waals surface area contributed by atoms with E-state index in [1.54, 1.807) is 19.9 Å². The van der Waals surface area contributed by atoms with Crippen LogP contribution in [0.25, 0.3) is 0 Å². The summed E-state index contributed by atoms with van der Waals surface area (Å²) in [5.74, 6) is -3.69. The maximum absolute atomic E-state index is 13.3. The zero-order valence-electron chi connectivity index (χ0n) is 19.0. The standard InChI is InChI=1S/C25H29ClO6/c1-6-13(2)9-14(3)7-8-16-10-17-18(12-30-16)19-20-23(28)31-15(4)11-25(20,29)32-24(19,5)22(27)21(17)26/h7-10,12-13,15,19-20,29H,6,11H2,1-5H3. The first kappa shape index (κ1) is 23.0. The first-order valence-corrected chi connectivity index (χ1v) is 11.4. The second kappa shape index (κ2) is 8.01. The van der Waals surface area contributed by atoms with Crippen molar-refractivity contribution in [3.05, 3.63) is 58.1 Å². The van der Waals surface area contributed by atoms with Gasteiger partial charge in [-0.2, -0.15) is 0 Å². The van der Waals surface area contributed by atoms with Crippen LogP contribution in [-0.4, -0.2) is 34.4 Å². The maximum Gasteiger partial charge on any atom is 0.315 e. The van der Waals surface area contributed by atoms with Crippen LogP contribution in [0.4, 0.5) is 0 Å². The zero-order valence-corrected chi connectivity index (χ0v) is 19.7. The van der Waals surface area contributed by atoms with Gasteiger partial charge in [-0.25, -0.2) is 0 Å². The zero-order chi connectivity index (χ0) is 23.4. The van der Waals surface area contributed by atoms with Gasteiger partial charge >= 0.3 is 5.97 Å². The molecule has 0 aromatic heterocycles. The number of aliphatic hydroxyl groups is 1. The Hall–Kier alpha value is -2.15. The van der Waals surface area contributed by atoms with E-state index in [9.17, 15) is 14.7 Å². The maximum atomic E-state index is 13.3. The number of ketones is 1. The molecule has 4 aliphatic rings. The molecule has 0 aromatic rings. The van der Waals surface area contributed by atoms with Gasteiger partial charge in [0.05, 0.1) is 11.3 Å². The van der Waals surface area contributed by atoms with E-state index in [-0.39, 0.29) is 11.5 Å². The number of Topliss-reactive ketones (excluding diaryl/α,β-unsaturated/α-hetero) is 1. The van der Waals surface area contributed by atoms with E-state index in [4.69, 9.17) is 25.8 Å². The van der Waals surface area contributed by atoms with E-state index in [0.29, 0.717) is 22.8 Å². The van der Waals surface area contributed by atoms with Gasteiger partial charge in [0.25, 0.3) is 0 Å². The number of carbonyl (C=O) groups is 2. The molecule has 3 aliphatic heterocycles. The molecule has 6 unspecified atom stereocenters. The van der Waals surface area contributed by atoms with Crippen LogP contribution in [-0.2, 0) is 23.8 Å². The molecule has 4 rings (SSSR count). The topological polar surface area (TPSA) is 82.1 Å². The third-order valence-electron chi connectivity index (χ3n) is 6.80. The minimum absolute atomic E-state index is 0.000248. The van der Waals surface area contributed by atoms with Gasteiger partial charge in [-0.1, -0.05) is 49.6 Å². The predicted molar refractivity (Wildman–Crippen MR) is 119 cm³/mol. The Balaban J connectivity index is 1.70. The highest BCUT2D eigenvalue weighted by atomic mass is 35.5. The summed E-state index contributed by atoms with van der Waals surface area (Å²) in [6, 6.07) is 0. The smallest absolute Gasteiger partial charge is 0.315 e. The van der Waals surface area contributed by atoms with Gasteiger partial charge in [0.15, 0.2) is 5.79 Å². The molecule has 2 fully saturated rings. The summed E-state index contributed by atoms with van der Waals surface area (Å²) in [4.78, 5) is 26.1. The highest BCUT2D eigenvalue weighted by Crippen LogP contribution is 2.58. The Morgan fingerprint density at radius 2 is 2.09 bits per heavy atom. The third-order valence-corrected chi connectivity index (χ3v) is 7.17. The van der Waals surface area contributed by atoms with Crippen LogP contribution >= 0.6 is 11.6 Å². The molecule has 0 bridgehead atoms. The number of ether oxygens (including phenoxy) is 3. The Kier molecular flexibility index (Phi) is 5.76. The van der Waals surface area contributed by atoms with E-state index in [0.717, 1.165) is 12.0 Å². The molecule has 0 amide bonds. The van der Waals surface area contributed by atoms with Crippen LogP contribution in [0.3, 0.4) is 0 Å². The number of hydrogen-bond donors (Lipinski definition) is 1. The second-order valence-corrected chi connectivity index (χ2v) is 9.76. The molecule has 0 radical (unpaired) electrons. The summed E-state index contributed by atoms with van der Waals surface area (Å²) in [5.41, 5.74) is 0.635. The average Bonchev–Trinajstić information content (AvgIpc) is 2.98. The Morgan fingerprint density at radius 3 is 2.78 bits per heavy atom. The van der Waals surface area contributed by atoms with Gasteiger partial charge in [0.2, 0.25) is 5.78 Å². The number of halogens is 1. The fourth-order valence-corrected chi connectivity index (χ4v) is 5.45. The molecule has 1 N–H and O–H groups in total. The lowest BCUT2D eigenvalue weighted by Gasteiger charge is -2.38. The SMILES string of the molecule is CCC(C)C=C(C)C=CC1=CC2=C(Cl)C(=O)C3(C)OC4(O)CC(C)OC(=O)C4C3C2=CO1. The van der Waals surface area contributed by atoms with Crippen molar-refractivity contribution in [3.63, 3.8) is 0 Å². The normalized spacial score (nSPS) is 37.8. The van der Waals surface area contributed by atoms with Crippen molar-refractivity contribution in [3.8, 4) is 0 Å². The van der Waals surface area contributed by atoms with Crippen LogP contribution in [0.2, 0.25) is 0 Å². The number of esters is 1. The van der Waals surface area contributed by atoms with Crippen LogP contribution in [0.5, 0.6) is 0 Å². The van der Waals surface area contributed by atoms with Crippen molar-refractivity contribution in [1.82, 2.24) is 0 Å². The molecule has 2 saturated heterocycles. The Morgan fingerprint density at radius 1 is 1.38 bits per heavy atom. The van der Waals surface area contributed by atoms with E-state index in [1.807, 2.05) is 19.1 Å². The van der Waals surface area contributed by atoms with Crippen LogP contribution in [0.1, 0.15) is 47.5 Å². The molecule has 7 heteroatoms. The van der Waals surface area contributed by atoms with E-state index >= 15 is 0 Å². The summed E-state index contributed by atoms with van der Waals surface area (Å²) in [6.07, 6.45) is 9.73. The molecule has 6 atom stereocenters. The number of cyclic esters (lactones) is 1. The molecule has 0 spiro atoms. The Labute approximate surface area is 193 Å². The van der Waals surface area contributed by atoms with Crippen LogP contribution in [0.15, 0.2) is 58.1 Å². The summed E-state index contributed by atoms with van der Waals surface area (Å²) in [7, 11) is 0. The quantitative estimate of drug-likeness (QED) is 0.493. The lowest BCUT2D eigenvalue weighted by Crippen LogP contribution is -2.50. The van der Waals surface area contributed by atoms with Crippen LogP contribution < -0.4 is 0 Å². The first-order chi connectivity index (χ1) is 15.0.